The van der Waals surface area contributed by atoms with Crippen LogP contribution in [0.15, 0.2) is 0 Å². The van der Waals surface area contributed by atoms with Crippen LogP contribution in [0.3, 0.4) is 0 Å². The van der Waals surface area contributed by atoms with Crippen molar-refractivity contribution in [2.24, 2.45) is 5.41 Å². The maximum Gasteiger partial charge on any atom is 0.337 e. The Balaban J connectivity index is 3.33. The zero-order valence-corrected chi connectivity index (χ0v) is 27.1. The Bertz CT molecular complexity index is 591. The van der Waals surface area contributed by atoms with Gasteiger partial charge in [-0.25, -0.2) is 4.79 Å². The summed E-state index contributed by atoms with van der Waals surface area (Å²) in [5.41, 5.74) is 0.493. The van der Waals surface area contributed by atoms with E-state index >= 15 is 0 Å². The molecule has 0 radical (unpaired) electrons. The van der Waals surface area contributed by atoms with E-state index in [0.29, 0.717) is 18.4 Å². The van der Waals surface area contributed by atoms with Crippen LogP contribution in [-0.2, 0) is 14.3 Å². The normalized spacial score (nSPS) is 12.5. The second kappa shape index (κ2) is 29.0. The van der Waals surface area contributed by atoms with Gasteiger partial charge in [-0.2, -0.15) is 0 Å². The SMILES string of the molecule is CC(C)(CCCCCCCCCCCCCCOC(=O)C(O)CO)CCCCCCCCCCCCCCC(=O)O. The minimum Gasteiger partial charge on any atom is -0.481 e. The summed E-state index contributed by atoms with van der Waals surface area (Å²) >= 11 is 0. The van der Waals surface area contributed by atoms with Crippen molar-refractivity contribution in [1.29, 1.82) is 0 Å². The molecule has 1 atom stereocenters. The number of carbonyl (C=O) groups is 2. The van der Waals surface area contributed by atoms with E-state index in [1.807, 2.05) is 0 Å². The number of aliphatic hydroxyl groups excluding tert-OH is 2. The van der Waals surface area contributed by atoms with E-state index in [1.165, 1.54) is 135 Å². The molecule has 1 unspecified atom stereocenters. The van der Waals surface area contributed by atoms with Crippen LogP contribution in [0, 0.1) is 5.41 Å². The van der Waals surface area contributed by atoms with Crippen LogP contribution in [0.4, 0.5) is 0 Å². The molecule has 41 heavy (non-hydrogen) atoms. The average Bonchev–Trinajstić information content (AvgIpc) is 2.94. The molecule has 0 aliphatic carbocycles. The van der Waals surface area contributed by atoms with E-state index in [9.17, 15) is 9.59 Å². The van der Waals surface area contributed by atoms with Gasteiger partial charge in [0.05, 0.1) is 13.2 Å². The first-order chi connectivity index (χ1) is 19.8. The molecule has 6 heteroatoms. The monoisotopic (exact) mass is 585 g/mol. The van der Waals surface area contributed by atoms with Crippen LogP contribution < -0.4 is 0 Å². The van der Waals surface area contributed by atoms with Crippen molar-refractivity contribution in [2.75, 3.05) is 13.2 Å². The predicted molar refractivity (Wildman–Crippen MR) is 170 cm³/mol. The number of carboxylic acids is 1. The van der Waals surface area contributed by atoms with E-state index in [-0.39, 0.29) is 0 Å². The maximum atomic E-state index is 11.2. The minimum atomic E-state index is -1.40. The van der Waals surface area contributed by atoms with Crippen LogP contribution in [0.1, 0.15) is 187 Å². The van der Waals surface area contributed by atoms with Crippen LogP contribution in [0.2, 0.25) is 0 Å². The highest BCUT2D eigenvalue weighted by atomic mass is 16.5. The smallest absolute Gasteiger partial charge is 0.337 e. The molecule has 0 fully saturated rings. The van der Waals surface area contributed by atoms with Crippen molar-refractivity contribution in [3.63, 3.8) is 0 Å². The van der Waals surface area contributed by atoms with E-state index < -0.39 is 24.6 Å². The molecule has 0 saturated heterocycles. The van der Waals surface area contributed by atoms with Gasteiger partial charge in [-0.3, -0.25) is 4.79 Å². The number of hydrogen-bond acceptors (Lipinski definition) is 5. The first kappa shape index (κ1) is 39.9. The molecule has 0 heterocycles. The lowest BCUT2D eigenvalue weighted by Crippen LogP contribution is -2.26. The number of aliphatic hydroxyl groups is 2. The Kier molecular flexibility index (Phi) is 28.2. The Morgan fingerprint density at radius 3 is 1.22 bits per heavy atom. The van der Waals surface area contributed by atoms with Gasteiger partial charge in [0.2, 0.25) is 0 Å². The second-order valence-corrected chi connectivity index (χ2v) is 13.2. The Labute approximate surface area is 253 Å². The van der Waals surface area contributed by atoms with Crippen LogP contribution in [0.25, 0.3) is 0 Å². The Hall–Kier alpha value is -1.14. The highest BCUT2D eigenvalue weighted by Gasteiger charge is 2.16. The molecule has 244 valence electrons. The van der Waals surface area contributed by atoms with Crippen LogP contribution in [-0.4, -0.2) is 46.6 Å². The molecule has 0 spiro atoms. The highest BCUT2D eigenvalue weighted by molar-refractivity contribution is 5.74. The van der Waals surface area contributed by atoms with Crippen molar-refractivity contribution in [2.45, 2.75) is 193 Å². The summed E-state index contributed by atoms with van der Waals surface area (Å²) in [6, 6.07) is 0. The fraction of sp³-hybridized carbons (Fsp3) is 0.943. The summed E-state index contributed by atoms with van der Waals surface area (Å²) in [5, 5.41) is 26.5. The first-order valence-electron chi connectivity index (χ1n) is 17.5. The third-order valence-electron chi connectivity index (χ3n) is 8.43. The number of carbonyl (C=O) groups excluding carboxylic acids is 1. The molecule has 0 aliphatic heterocycles. The molecule has 0 aliphatic rings. The van der Waals surface area contributed by atoms with Gasteiger partial charge in [-0.1, -0.05) is 155 Å². The van der Waals surface area contributed by atoms with Gasteiger partial charge in [0, 0.05) is 6.42 Å². The third-order valence-corrected chi connectivity index (χ3v) is 8.43. The molecule has 0 aromatic heterocycles. The standard InChI is InChI=1S/C35H68O6/c1-35(2,28-24-20-16-12-8-4-3-7-11-15-19-23-27-33(38)39)29-25-21-17-13-9-5-6-10-14-18-22-26-30-41-34(40)32(37)31-36/h32,36-37H,3-31H2,1-2H3,(H,38,39). The van der Waals surface area contributed by atoms with Gasteiger partial charge in [-0.15, -0.1) is 0 Å². The van der Waals surface area contributed by atoms with Gasteiger partial charge in [0.1, 0.15) is 0 Å². The molecule has 0 bridgehead atoms. The Morgan fingerprint density at radius 2 is 0.878 bits per heavy atom. The number of esters is 1. The summed E-state index contributed by atoms with van der Waals surface area (Å²) in [4.78, 5) is 21.7. The lowest BCUT2D eigenvalue weighted by atomic mass is 9.81. The van der Waals surface area contributed by atoms with Gasteiger partial charge in [0.15, 0.2) is 6.10 Å². The molecule has 0 amide bonds. The van der Waals surface area contributed by atoms with Crippen molar-refractivity contribution in [1.82, 2.24) is 0 Å². The predicted octanol–water partition coefficient (Wildman–Crippen LogP) is 9.53. The van der Waals surface area contributed by atoms with Gasteiger partial charge in [0.25, 0.3) is 0 Å². The molecule has 0 saturated carbocycles. The first-order valence-corrected chi connectivity index (χ1v) is 17.5. The molecule has 6 nitrogen and oxygen atoms in total. The number of unbranched alkanes of at least 4 members (excludes halogenated alkanes) is 22. The summed E-state index contributed by atoms with van der Waals surface area (Å²) < 4.78 is 4.91. The summed E-state index contributed by atoms with van der Waals surface area (Å²) in [6.45, 7) is 4.67. The topological polar surface area (TPSA) is 104 Å². The third kappa shape index (κ3) is 30.1. The van der Waals surface area contributed by atoms with Crippen molar-refractivity contribution < 1.29 is 29.6 Å². The number of carboxylic acid groups (broad SMARTS) is 1. The molecular weight excluding hydrogens is 516 g/mol. The zero-order chi connectivity index (χ0) is 30.4. The number of aliphatic carboxylic acids is 1. The molecular formula is C35H68O6. The zero-order valence-electron chi connectivity index (χ0n) is 27.1. The number of hydrogen-bond donors (Lipinski definition) is 3. The van der Waals surface area contributed by atoms with Crippen LogP contribution >= 0.6 is 0 Å². The van der Waals surface area contributed by atoms with E-state index in [1.54, 1.807) is 0 Å². The summed E-state index contributed by atoms with van der Waals surface area (Å²) in [7, 11) is 0. The van der Waals surface area contributed by atoms with Gasteiger partial charge in [-0.05, 0) is 31.1 Å². The quantitative estimate of drug-likeness (QED) is 0.0537. The van der Waals surface area contributed by atoms with Gasteiger partial charge >= 0.3 is 11.9 Å². The maximum absolute atomic E-state index is 11.2. The second-order valence-electron chi connectivity index (χ2n) is 13.2. The molecule has 0 rings (SSSR count). The fourth-order valence-corrected chi connectivity index (χ4v) is 5.59. The highest BCUT2D eigenvalue weighted by Crippen LogP contribution is 2.30. The molecule has 0 aromatic rings. The molecule has 0 aromatic carbocycles. The lowest BCUT2D eigenvalue weighted by molar-refractivity contribution is -0.155. The van der Waals surface area contributed by atoms with Crippen molar-refractivity contribution >= 4 is 11.9 Å². The number of ether oxygens (including phenoxy) is 1. The van der Waals surface area contributed by atoms with Gasteiger partial charge < -0.3 is 20.1 Å². The lowest BCUT2D eigenvalue weighted by Gasteiger charge is -2.24. The Morgan fingerprint density at radius 1 is 0.561 bits per heavy atom. The summed E-state index contributed by atoms with van der Waals surface area (Å²) in [5.74, 6) is -1.39. The minimum absolute atomic E-state index is 0.329. The van der Waals surface area contributed by atoms with E-state index in [2.05, 4.69) is 13.8 Å². The fourth-order valence-electron chi connectivity index (χ4n) is 5.59. The van der Waals surface area contributed by atoms with E-state index in [4.69, 9.17) is 20.1 Å². The largest absolute Gasteiger partial charge is 0.481 e. The van der Waals surface area contributed by atoms with E-state index in [0.717, 1.165) is 32.1 Å². The summed E-state index contributed by atoms with van der Waals surface area (Å²) in [6.07, 6.45) is 32.1. The van der Waals surface area contributed by atoms with Crippen LogP contribution in [0.5, 0.6) is 0 Å². The molecule has 3 N–H and O–H groups in total. The van der Waals surface area contributed by atoms with Crippen molar-refractivity contribution in [3.05, 3.63) is 0 Å². The van der Waals surface area contributed by atoms with Crippen molar-refractivity contribution in [3.8, 4) is 0 Å². The number of rotatable bonds is 32. The average molecular weight is 585 g/mol.